The fourth-order valence-corrected chi connectivity index (χ4v) is 1.40. The molecule has 1 heteroatoms. The van der Waals surface area contributed by atoms with Crippen molar-refractivity contribution in [3.8, 4) is 0 Å². The van der Waals surface area contributed by atoms with Crippen LogP contribution in [0.5, 0.6) is 0 Å². The molecule has 0 bridgehead atoms. The van der Waals surface area contributed by atoms with Gasteiger partial charge in [-0.3, -0.25) is 4.79 Å². The van der Waals surface area contributed by atoms with Crippen LogP contribution in [0.4, 0.5) is 0 Å². The lowest BCUT2D eigenvalue weighted by molar-refractivity contribution is -0.118. The second-order valence-electron chi connectivity index (χ2n) is 3.56. The molecule has 0 heterocycles. The van der Waals surface area contributed by atoms with Crippen LogP contribution >= 0.6 is 0 Å². The third-order valence-electron chi connectivity index (χ3n) is 2.52. The minimum atomic E-state index is 0.351. The van der Waals surface area contributed by atoms with Crippen LogP contribution in [0.3, 0.4) is 0 Å². The fourth-order valence-electron chi connectivity index (χ4n) is 1.40. The Morgan fingerprint density at radius 1 is 1.07 bits per heavy atom. The number of rotatable bonds is 5. The Bertz CT molecular complexity index is 285. The molecule has 0 saturated heterocycles. The normalized spacial score (nSPS) is 10.1. The van der Waals surface area contributed by atoms with Gasteiger partial charge in [-0.1, -0.05) is 38.1 Å². The zero-order valence-corrected chi connectivity index (χ0v) is 9.05. The molecule has 0 saturated carbocycles. The molecule has 0 radical (unpaired) electrons. The molecular weight excluding hydrogens is 172 g/mol. The van der Waals surface area contributed by atoms with Crippen molar-refractivity contribution in [2.24, 2.45) is 0 Å². The van der Waals surface area contributed by atoms with Crippen molar-refractivity contribution in [1.82, 2.24) is 0 Å². The van der Waals surface area contributed by atoms with Crippen molar-refractivity contribution < 1.29 is 4.79 Å². The molecule has 76 valence electrons. The number of hydrogen-bond donors (Lipinski definition) is 0. The zero-order chi connectivity index (χ0) is 10.4. The highest BCUT2D eigenvalue weighted by atomic mass is 16.1. The predicted octanol–water partition coefficient (Wildman–Crippen LogP) is 3.16. The molecular formula is C13H18O. The van der Waals surface area contributed by atoms with E-state index in [2.05, 4.69) is 31.2 Å². The zero-order valence-electron chi connectivity index (χ0n) is 9.05. The second-order valence-corrected chi connectivity index (χ2v) is 3.56. The molecule has 1 nitrogen and oxygen atoms in total. The van der Waals surface area contributed by atoms with Gasteiger partial charge < -0.3 is 0 Å². The van der Waals surface area contributed by atoms with Crippen molar-refractivity contribution in [3.05, 3.63) is 35.4 Å². The van der Waals surface area contributed by atoms with Crippen LogP contribution in [-0.4, -0.2) is 5.78 Å². The molecule has 0 atom stereocenters. The number of ketones is 1. The van der Waals surface area contributed by atoms with E-state index < -0.39 is 0 Å². The average Bonchev–Trinajstić information content (AvgIpc) is 2.26. The van der Waals surface area contributed by atoms with E-state index in [0.29, 0.717) is 18.6 Å². The van der Waals surface area contributed by atoms with Crippen LogP contribution in [0.25, 0.3) is 0 Å². The van der Waals surface area contributed by atoms with E-state index in [4.69, 9.17) is 0 Å². The first-order chi connectivity index (χ1) is 6.76. The van der Waals surface area contributed by atoms with Gasteiger partial charge in [-0.25, -0.2) is 0 Å². The van der Waals surface area contributed by atoms with Crippen LogP contribution in [0.1, 0.15) is 37.8 Å². The van der Waals surface area contributed by atoms with E-state index in [1.807, 2.05) is 6.92 Å². The minimum absolute atomic E-state index is 0.351. The highest BCUT2D eigenvalue weighted by Crippen LogP contribution is 2.07. The molecule has 0 aliphatic carbocycles. The van der Waals surface area contributed by atoms with Gasteiger partial charge >= 0.3 is 0 Å². The Kier molecular flexibility index (Phi) is 4.37. The Morgan fingerprint density at radius 2 is 1.64 bits per heavy atom. The van der Waals surface area contributed by atoms with Crippen LogP contribution < -0.4 is 0 Å². The Morgan fingerprint density at radius 3 is 2.14 bits per heavy atom. The quantitative estimate of drug-likeness (QED) is 0.697. The van der Waals surface area contributed by atoms with Gasteiger partial charge in [-0.2, -0.15) is 0 Å². The van der Waals surface area contributed by atoms with Gasteiger partial charge in [0.2, 0.25) is 0 Å². The molecule has 14 heavy (non-hydrogen) atoms. The smallest absolute Gasteiger partial charge is 0.132 e. The van der Waals surface area contributed by atoms with Crippen LogP contribution in [-0.2, 0) is 17.6 Å². The van der Waals surface area contributed by atoms with Crippen molar-refractivity contribution in [2.75, 3.05) is 0 Å². The van der Waals surface area contributed by atoms with Crippen molar-refractivity contribution in [2.45, 2.75) is 39.5 Å². The summed E-state index contributed by atoms with van der Waals surface area (Å²) in [6.07, 6.45) is 3.31. The molecule has 0 fully saturated rings. The largest absolute Gasteiger partial charge is 0.300 e. The fraction of sp³-hybridized carbons (Fsp3) is 0.462. The number of benzene rings is 1. The summed E-state index contributed by atoms with van der Waals surface area (Å²) in [6, 6.07) is 8.54. The lowest BCUT2D eigenvalue weighted by Gasteiger charge is -2.01. The van der Waals surface area contributed by atoms with E-state index in [0.717, 1.165) is 12.8 Å². The topological polar surface area (TPSA) is 17.1 Å². The number of carbonyl (C=O) groups is 1. The van der Waals surface area contributed by atoms with E-state index in [1.54, 1.807) is 0 Å². The SMILES string of the molecule is CCC(=O)CCc1ccc(CC)cc1. The first kappa shape index (κ1) is 11.0. The highest BCUT2D eigenvalue weighted by Gasteiger charge is 1.99. The second kappa shape index (κ2) is 5.58. The number of carbonyl (C=O) groups excluding carboxylic acids is 1. The predicted molar refractivity (Wildman–Crippen MR) is 59.4 cm³/mol. The molecule has 0 unspecified atom stereocenters. The van der Waals surface area contributed by atoms with Crippen LogP contribution in [0, 0.1) is 0 Å². The first-order valence-corrected chi connectivity index (χ1v) is 5.35. The summed E-state index contributed by atoms with van der Waals surface area (Å²) in [7, 11) is 0. The molecule has 0 aromatic heterocycles. The molecule has 0 N–H and O–H groups in total. The third kappa shape index (κ3) is 3.33. The molecule has 0 amide bonds. The van der Waals surface area contributed by atoms with Crippen molar-refractivity contribution >= 4 is 5.78 Å². The first-order valence-electron chi connectivity index (χ1n) is 5.35. The molecule has 0 aliphatic heterocycles. The lowest BCUT2D eigenvalue weighted by Crippen LogP contribution is -1.97. The summed E-state index contributed by atoms with van der Waals surface area (Å²) in [4.78, 5) is 11.1. The highest BCUT2D eigenvalue weighted by molar-refractivity contribution is 5.78. The van der Waals surface area contributed by atoms with Gasteiger partial charge in [0, 0.05) is 12.8 Å². The number of Topliss-reactive ketones (excluding diaryl/α,β-unsaturated/α-hetero) is 1. The summed E-state index contributed by atoms with van der Waals surface area (Å²) in [6.45, 7) is 4.07. The summed E-state index contributed by atoms with van der Waals surface area (Å²) >= 11 is 0. The standard InChI is InChI=1S/C13H18O/c1-3-11-5-7-12(8-6-11)9-10-13(14)4-2/h5-8H,3-4,9-10H2,1-2H3. The molecule has 1 rings (SSSR count). The monoisotopic (exact) mass is 190 g/mol. The summed E-state index contributed by atoms with van der Waals surface area (Å²) < 4.78 is 0. The maximum Gasteiger partial charge on any atom is 0.132 e. The van der Waals surface area contributed by atoms with E-state index in [9.17, 15) is 4.79 Å². The summed E-state index contributed by atoms with van der Waals surface area (Å²) in [5.41, 5.74) is 2.62. The summed E-state index contributed by atoms with van der Waals surface area (Å²) in [5.74, 6) is 0.351. The molecule has 1 aromatic rings. The van der Waals surface area contributed by atoms with Crippen molar-refractivity contribution in [3.63, 3.8) is 0 Å². The maximum absolute atomic E-state index is 11.1. The van der Waals surface area contributed by atoms with Crippen LogP contribution in [0.2, 0.25) is 0 Å². The Labute approximate surface area is 86.1 Å². The van der Waals surface area contributed by atoms with E-state index in [1.165, 1.54) is 11.1 Å². The lowest BCUT2D eigenvalue weighted by atomic mass is 10.0. The van der Waals surface area contributed by atoms with Crippen molar-refractivity contribution in [1.29, 1.82) is 0 Å². The average molecular weight is 190 g/mol. The summed E-state index contributed by atoms with van der Waals surface area (Å²) in [5, 5.41) is 0. The van der Waals surface area contributed by atoms with Gasteiger partial charge in [0.25, 0.3) is 0 Å². The van der Waals surface area contributed by atoms with Gasteiger partial charge in [0.1, 0.15) is 5.78 Å². The molecule has 0 aliphatic rings. The van der Waals surface area contributed by atoms with E-state index in [-0.39, 0.29) is 0 Å². The van der Waals surface area contributed by atoms with Gasteiger partial charge in [-0.05, 0) is 24.0 Å². The van der Waals surface area contributed by atoms with Crippen LogP contribution in [0.15, 0.2) is 24.3 Å². The number of aryl methyl sites for hydroxylation is 2. The maximum atomic E-state index is 11.1. The Hall–Kier alpha value is -1.11. The molecule has 0 spiro atoms. The van der Waals surface area contributed by atoms with Gasteiger partial charge in [0.05, 0.1) is 0 Å². The Balaban J connectivity index is 2.47. The van der Waals surface area contributed by atoms with Gasteiger partial charge in [0.15, 0.2) is 0 Å². The molecule has 1 aromatic carbocycles. The number of hydrogen-bond acceptors (Lipinski definition) is 1. The van der Waals surface area contributed by atoms with E-state index >= 15 is 0 Å². The van der Waals surface area contributed by atoms with Gasteiger partial charge in [-0.15, -0.1) is 0 Å². The minimum Gasteiger partial charge on any atom is -0.300 e. The third-order valence-corrected chi connectivity index (χ3v) is 2.52.